The zero-order valence-corrected chi connectivity index (χ0v) is 9.90. The van der Waals surface area contributed by atoms with Crippen molar-refractivity contribution in [2.75, 3.05) is 52.5 Å². The number of rotatable bonds is 4. The van der Waals surface area contributed by atoms with E-state index in [1.54, 1.807) is 0 Å². The molecule has 3 rings (SSSR count). The summed E-state index contributed by atoms with van der Waals surface area (Å²) >= 11 is 0. The molecule has 0 unspecified atom stereocenters. The third-order valence-corrected chi connectivity index (χ3v) is 4.18. The van der Waals surface area contributed by atoms with E-state index in [4.69, 9.17) is 4.74 Å². The van der Waals surface area contributed by atoms with Crippen molar-refractivity contribution in [1.82, 2.24) is 9.80 Å². The Morgan fingerprint density at radius 1 is 1.12 bits per heavy atom. The fourth-order valence-electron chi connectivity index (χ4n) is 2.82. The fourth-order valence-corrected chi connectivity index (χ4v) is 2.82. The molecule has 1 N–H and O–H groups in total. The Labute approximate surface area is 97.2 Å². The van der Waals surface area contributed by atoms with Gasteiger partial charge in [-0.25, -0.2) is 0 Å². The van der Waals surface area contributed by atoms with Gasteiger partial charge in [0.1, 0.15) is 0 Å². The van der Waals surface area contributed by atoms with Crippen molar-refractivity contribution in [2.24, 2.45) is 5.41 Å². The predicted molar refractivity (Wildman–Crippen MR) is 61.4 cm³/mol. The van der Waals surface area contributed by atoms with E-state index in [1.165, 1.54) is 25.9 Å². The van der Waals surface area contributed by atoms with Crippen LogP contribution in [0.25, 0.3) is 0 Å². The van der Waals surface area contributed by atoms with Gasteiger partial charge in [0.25, 0.3) is 0 Å². The van der Waals surface area contributed by atoms with Gasteiger partial charge < -0.3 is 9.84 Å². The second kappa shape index (κ2) is 4.26. The Morgan fingerprint density at radius 2 is 1.81 bits per heavy atom. The lowest BCUT2D eigenvalue weighted by atomic mass is 9.86. The maximum Gasteiger partial charge on any atom is 0.0579 e. The number of nitrogens with zero attached hydrogens (tertiary/aromatic N) is 2. The molecule has 4 heteroatoms. The van der Waals surface area contributed by atoms with Gasteiger partial charge in [0.2, 0.25) is 0 Å². The zero-order valence-electron chi connectivity index (χ0n) is 9.90. The zero-order chi connectivity index (χ0) is 11.0. The first-order valence-corrected chi connectivity index (χ1v) is 6.46. The van der Waals surface area contributed by atoms with Crippen molar-refractivity contribution in [3.05, 3.63) is 0 Å². The second-order valence-electron chi connectivity index (χ2n) is 5.69. The van der Waals surface area contributed by atoms with E-state index < -0.39 is 0 Å². The first-order valence-electron chi connectivity index (χ1n) is 6.46. The highest BCUT2D eigenvalue weighted by molar-refractivity contribution is 4.92. The molecule has 3 fully saturated rings. The van der Waals surface area contributed by atoms with Crippen LogP contribution in [0.3, 0.4) is 0 Å². The maximum atomic E-state index is 9.40. The molecule has 2 saturated heterocycles. The van der Waals surface area contributed by atoms with Crippen LogP contribution in [0.15, 0.2) is 0 Å². The molecule has 0 bridgehead atoms. The lowest BCUT2D eigenvalue weighted by molar-refractivity contribution is -0.150. The molecule has 2 aliphatic heterocycles. The Bertz CT molecular complexity index is 238. The van der Waals surface area contributed by atoms with Crippen LogP contribution in [0.1, 0.15) is 12.8 Å². The van der Waals surface area contributed by atoms with Crippen LogP contribution in [-0.4, -0.2) is 73.5 Å². The summed E-state index contributed by atoms with van der Waals surface area (Å²) in [5.41, 5.74) is 0.0573. The van der Waals surface area contributed by atoms with E-state index >= 15 is 0 Å². The highest BCUT2D eigenvalue weighted by Crippen LogP contribution is 2.30. The van der Waals surface area contributed by atoms with Gasteiger partial charge in [-0.2, -0.15) is 0 Å². The number of aliphatic hydroxyl groups is 1. The molecular formula is C12H22N2O2. The van der Waals surface area contributed by atoms with Gasteiger partial charge in [0, 0.05) is 38.8 Å². The van der Waals surface area contributed by atoms with Crippen LogP contribution in [0.4, 0.5) is 0 Å². The molecule has 3 aliphatic rings. The molecule has 0 aromatic rings. The minimum Gasteiger partial charge on any atom is -0.396 e. The molecule has 92 valence electrons. The van der Waals surface area contributed by atoms with Crippen LogP contribution in [0, 0.1) is 5.41 Å². The van der Waals surface area contributed by atoms with E-state index in [-0.39, 0.29) is 12.0 Å². The first-order chi connectivity index (χ1) is 7.81. The molecule has 4 nitrogen and oxygen atoms in total. The van der Waals surface area contributed by atoms with Crippen molar-refractivity contribution in [3.63, 3.8) is 0 Å². The van der Waals surface area contributed by atoms with Crippen LogP contribution in [0.5, 0.6) is 0 Å². The summed E-state index contributed by atoms with van der Waals surface area (Å²) < 4.78 is 5.24. The Morgan fingerprint density at radius 3 is 2.25 bits per heavy atom. The lowest BCUT2D eigenvalue weighted by Crippen LogP contribution is -2.57. The minimum absolute atomic E-state index is 0.0573. The molecule has 0 aromatic heterocycles. The topological polar surface area (TPSA) is 35.9 Å². The number of ether oxygens (including phenoxy) is 1. The van der Waals surface area contributed by atoms with E-state index in [1.807, 2.05) is 0 Å². The molecule has 0 atom stereocenters. The Balaban J connectivity index is 1.46. The molecule has 0 radical (unpaired) electrons. The van der Waals surface area contributed by atoms with Gasteiger partial charge in [-0.15, -0.1) is 0 Å². The van der Waals surface area contributed by atoms with Crippen LogP contribution in [-0.2, 0) is 4.74 Å². The fraction of sp³-hybridized carbons (Fsp3) is 1.00. The standard InChI is InChI=1S/C12H22N2O2/c15-8-12(9-16-10-12)7-13-3-5-14(6-4-13)11-1-2-11/h11,15H,1-10H2. The monoisotopic (exact) mass is 226 g/mol. The van der Waals surface area contributed by atoms with Gasteiger partial charge in [-0.1, -0.05) is 0 Å². The van der Waals surface area contributed by atoms with Crippen molar-refractivity contribution in [2.45, 2.75) is 18.9 Å². The average molecular weight is 226 g/mol. The van der Waals surface area contributed by atoms with Crippen molar-refractivity contribution in [3.8, 4) is 0 Å². The Kier molecular flexibility index (Phi) is 2.92. The highest BCUT2D eigenvalue weighted by Gasteiger charge is 2.40. The predicted octanol–water partition coefficient (Wildman–Crippen LogP) is -0.225. The number of hydrogen-bond acceptors (Lipinski definition) is 4. The molecule has 0 amide bonds. The highest BCUT2D eigenvalue weighted by atomic mass is 16.5. The first kappa shape index (κ1) is 11.0. The van der Waals surface area contributed by atoms with Crippen LogP contribution < -0.4 is 0 Å². The quantitative estimate of drug-likeness (QED) is 0.719. The van der Waals surface area contributed by atoms with Crippen molar-refractivity contribution in [1.29, 1.82) is 0 Å². The van der Waals surface area contributed by atoms with Gasteiger partial charge >= 0.3 is 0 Å². The van der Waals surface area contributed by atoms with Crippen molar-refractivity contribution >= 4 is 0 Å². The van der Waals surface area contributed by atoms with E-state index in [2.05, 4.69) is 9.80 Å². The summed E-state index contributed by atoms with van der Waals surface area (Å²) in [6.45, 7) is 7.53. The molecular weight excluding hydrogens is 204 g/mol. The molecule has 1 aliphatic carbocycles. The van der Waals surface area contributed by atoms with Gasteiger partial charge in [0.15, 0.2) is 0 Å². The van der Waals surface area contributed by atoms with Crippen molar-refractivity contribution < 1.29 is 9.84 Å². The summed E-state index contributed by atoms with van der Waals surface area (Å²) in [6, 6.07) is 0.904. The minimum atomic E-state index is 0.0573. The van der Waals surface area contributed by atoms with Gasteiger partial charge in [-0.05, 0) is 12.8 Å². The van der Waals surface area contributed by atoms with E-state index in [0.717, 1.165) is 38.9 Å². The molecule has 0 aromatic carbocycles. The third kappa shape index (κ3) is 2.12. The Hall–Kier alpha value is -0.160. The number of aliphatic hydroxyl groups excluding tert-OH is 1. The SMILES string of the molecule is OCC1(CN2CCN(C3CC3)CC2)COC1. The summed E-state index contributed by atoms with van der Waals surface area (Å²) in [6.07, 6.45) is 2.82. The van der Waals surface area contributed by atoms with Gasteiger partial charge in [0.05, 0.1) is 25.2 Å². The summed E-state index contributed by atoms with van der Waals surface area (Å²) in [7, 11) is 0. The average Bonchev–Trinajstić information content (AvgIpc) is 3.08. The summed E-state index contributed by atoms with van der Waals surface area (Å²) in [5.74, 6) is 0. The summed E-state index contributed by atoms with van der Waals surface area (Å²) in [5, 5.41) is 9.40. The van der Waals surface area contributed by atoms with Crippen LogP contribution >= 0.6 is 0 Å². The summed E-state index contributed by atoms with van der Waals surface area (Å²) in [4.78, 5) is 5.12. The van der Waals surface area contributed by atoms with E-state index in [0.29, 0.717) is 0 Å². The second-order valence-corrected chi connectivity index (χ2v) is 5.69. The smallest absolute Gasteiger partial charge is 0.0579 e. The molecule has 2 heterocycles. The molecule has 0 spiro atoms. The number of hydrogen-bond donors (Lipinski definition) is 1. The van der Waals surface area contributed by atoms with E-state index in [9.17, 15) is 5.11 Å². The van der Waals surface area contributed by atoms with Crippen LogP contribution in [0.2, 0.25) is 0 Å². The lowest BCUT2D eigenvalue weighted by Gasteiger charge is -2.45. The molecule has 16 heavy (non-hydrogen) atoms. The third-order valence-electron chi connectivity index (χ3n) is 4.18. The normalized spacial score (nSPS) is 31.3. The maximum absolute atomic E-state index is 9.40. The largest absolute Gasteiger partial charge is 0.396 e. The number of piperazine rings is 1. The molecule has 1 saturated carbocycles. The van der Waals surface area contributed by atoms with Gasteiger partial charge in [-0.3, -0.25) is 9.80 Å².